The Kier molecular flexibility index (Phi) is 4.74. The molecule has 1 unspecified atom stereocenters. The number of sulfonamides is 1. The van der Waals surface area contributed by atoms with Gasteiger partial charge in [-0.05, 0) is 18.2 Å². The van der Waals surface area contributed by atoms with Gasteiger partial charge in [0.1, 0.15) is 4.90 Å². The van der Waals surface area contributed by atoms with Crippen molar-refractivity contribution in [2.24, 2.45) is 0 Å². The van der Waals surface area contributed by atoms with E-state index >= 15 is 0 Å². The van der Waals surface area contributed by atoms with E-state index < -0.39 is 14.9 Å². The second-order valence-electron chi connectivity index (χ2n) is 4.73. The second kappa shape index (κ2) is 6.20. The van der Waals surface area contributed by atoms with Crippen molar-refractivity contribution >= 4 is 33.2 Å². The first kappa shape index (κ1) is 16.1. The highest BCUT2D eigenvalue weighted by molar-refractivity contribution is 7.99. The highest BCUT2D eigenvalue weighted by Gasteiger charge is 2.32. The summed E-state index contributed by atoms with van der Waals surface area (Å²) in [6.07, 6.45) is 0.796. The molecule has 21 heavy (non-hydrogen) atoms. The lowest BCUT2D eigenvalue weighted by atomic mass is 10.3. The number of hydrogen-bond acceptors (Lipinski definition) is 6. The fourth-order valence-corrected chi connectivity index (χ4v) is 5.17. The molecule has 0 spiro atoms. The van der Waals surface area contributed by atoms with E-state index in [1.54, 1.807) is 18.8 Å². The lowest BCUT2D eigenvalue weighted by Gasteiger charge is -2.24. The number of nitrogens with one attached hydrogen (secondary N) is 1. The van der Waals surface area contributed by atoms with Crippen LogP contribution in [0, 0.1) is 10.1 Å². The SMILES string of the molecule is CNc1ccc([N+](=O)[O-])cc1S(=O)(=O)N(C)C1CCSC1. The molecule has 1 heterocycles. The van der Waals surface area contributed by atoms with E-state index in [4.69, 9.17) is 0 Å². The van der Waals surface area contributed by atoms with Crippen LogP contribution in [0.5, 0.6) is 0 Å². The van der Waals surface area contributed by atoms with Gasteiger partial charge in [0, 0.05) is 38.0 Å². The number of hydrogen-bond donors (Lipinski definition) is 1. The first-order valence-electron chi connectivity index (χ1n) is 6.40. The molecular weight excluding hydrogens is 314 g/mol. The molecule has 0 aromatic heterocycles. The van der Waals surface area contributed by atoms with E-state index in [1.807, 2.05) is 0 Å². The van der Waals surface area contributed by atoms with Crippen LogP contribution in [0.2, 0.25) is 0 Å². The topological polar surface area (TPSA) is 92.5 Å². The van der Waals surface area contributed by atoms with Gasteiger partial charge in [-0.25, -0.2) is 8.42 Å². The van der Waals surface area contributed by atoms with Crippen molar-refractivity contribution in [2.75, 3.05) is 30.9 Å². The number of thioether (sulfide) groups is 1. The zero-order valence-corrected chi connectivity index (χ0v) is 13.4. The number of nitro groups is 1. The van der Waals surface area contributed by atoms with E-state index in [1.165, 1.54) is 23.5 Å². The molecule has 1 aliphatic heterocycles. The lowest BCUT2D eigenvalue weighted by molar-refractivity contribution is -0.385. The van der Waals surface area contributed by atoms with Crippen molar-refractivity contribution in [3.8, 4) is 0 Å². The largest absolute Gasteiger partial charge is 0.387 e. The van der Waals surface area contributed by atoms with Crippen LogP contribution < -0.4 is 5.32 Å². The number of nitro benzene ring substituents is 1. The molecule has 2 rings (SSSR count). The van der Waals surface area contributed by atoms with Crippen LogP contribution in [0.25, 0.3) is 0 Å². The van der Waals surface area contributed by atoms with Crippen molar-refractivity contribution in [2.45, 2.75) is 17.4 Å². The average molecular weight is 331 g/mol. The Hall–Kier alpha value is -1.32. The summed E-state index contributed by atoms with van der Waals surface area (Å²) in [5.74, 6) is 1.68. The van der Waals surface area contributed by atoms with Crippen LogP contribution >= 0.6 is 11.8 Å². The minimum absolute atomic E-state index is 0.0569. The van der Waals surface area contributed by atoms with Gasteiger partial charge in [0.2, 0.25) is 10.0 Å². The maximum atomic E-state index is 12.7. The number of non-ortho nitro benzene ring substituents is 1. The van der Waals surface area contributed by atoms with E-state index in [0.29, 0.717) is 5.69 Å². The van der Waals surface area contributed by atoms with Gasteiger partial charge in [0.25, 0.3) is 5.69 Å². The van der Waals surface area contributed by atoms with Gasteiger partial charge in [0.15, 0.2) is 0 Å². The lowest BCUT2D eigenvalue weighted by Crippen LogP contribution is -2.37. The smallest absolute Gasteiger partial charge is 0.270 e. The third-order valence-corrected chi connectivity index (χ3v) is 6.62. The fraction of sp³-hybridized carbons (Fsp3) is 0.500. The standard InChI is InChI=1S/C12H17N3O4S2/c1-13-11-4-3-9(15(16)17)7-12(11)21(18,19)14(2)10-5-6-20-8-10/h3-4,7,10,13H,5-6,8H2,1-2H3. The number of nitrogens with zero attached hydrogens (tertiary/aromatic N) is 2. The summed E-state index contributed by atoms with van der Waals surface area (Å²) < 4.78 is 26.8. The molecule has 116 valence electrons. The number of benzene rings is 1. The molecule has 0 amide bonds. The number of anilines is 1. The van der Waals surface area contributed by atoms with E-state index in [2.05, 4.69) is 5.32 Å². The first-order chi connectivity index (χ1) is 9.87. The minimum Gasteiger partial charge on any atom is -0.387 e. The van der Waals surface area contributed by atoms with E-state index in [-0.39, 0.29) is 16.6 Å². The quantitative estimate of drug-likeness (QED) is 0.653. The van der Waals surface area contributed by atoms with E-state index in [9.17, 15) is 18.5 Å². The summed E-state index contributed by atoms with van der Waals surface area (Å²) >= 11 is 1.71. The van der Waals surface area contributed by atoms with Gasteiger partial charge in [0.05, 0.1) is 10.6 Å². The molecule has 1 atom stereocenters. The zero-order valence-electron chi connectivity index (χ0n) is 11.8. The molecule has 1 aliphatic rings. The molecule has 0 saturated carbocycles. The molecular formula is C12H17N3O4S2. The van der Waals surface area contributed by atoms with Crippen LogP contribution in [0.4, 0.5) is 11.4 Å². The van der Waals surface area contributed by atoms with Gasteiger partial charge in [-0.3, -0.25) is 10.1 Å². The van der Waals surface area contributed by atoms with Crippen molar-refractivity contribution in [3.05, 3.63) is 28.3 Å². The van der Waals surface area contributed by atoms with Gasteiger partial charge >= 0.3 is 0 Å². The molecule has 1 aromatic carbocycles. The Labute approximate surface area is 127 Å². The van der Waals surface area contributed by atoms with Crippen molar-refractivity contribution in [1.29, 1.82) is 0 Å². The molecule has 1 fully saturated rings. The molecule has 7 nitrogen and oxygen atoms in total. The Bertz CT molecular complexity index is 642. The second-order valence-corrected chi connectivity index (χ2v) is 7.84. The van der Waals surface area contributed by atoms with Crippen molar-refractivity contribution < 1.29 is 13.3 Å². The van der Waals surface area contributed by atoms with Gasteiger partial charge in [-0.2, -0.15) is 16.1 Å². The summed E-state index contributed by atoms with van der Waals surface area (Å²) in [7, 11) is -0.647. The maximum Gasteiger partial charge on any atom is 0.270 e. The van der Waals surface area contributed by atoms with Gasteiger partial charge < -0.3 is 5.32 Å². The highest BCUT2D eigenvalue weighted by atomic mass is 32.2. The molecule has 1 N–H and O–H groups in total. The summed E-state index contributed by atoms with van der Waals surface area (Å²) in [5, 5.41) is 13.7. The predicted octanol–water partition coefficient (Wildman–Crippen LogP) is 1.76. The fourth-order valence-electron chi connectivity index (χ4n) is 2.20. The van der Waals surface area contributed by atoms with Gasteiger partial charge in [-0.1, -0.05) is 0 Å². The number of rotatable bonds is 5. The molecule has 1 saturated heterocycles. The van der Waals surface area contributed by atoms with Crippen LogP contribution in [-0.2, 0) is 10.0 Å². The summed E-state index contributed by atoms with van der Waals surface area (Å²) in [6, 6.07) is 3.75. The maximum absolute atomic E-state index is 12.7. The monoisotopic (exact) mass is 331 g/mol. The van der Waals surface area contributed by atoms with Crippen LogP contribution in [0.3, 0.4) is 0 Å². The van der Waals surface area contributed by atoms with Crippen molar-refractivity contribution in [3.63, 3.8) is 0 Å². The summed E-state index contributed by atoms with van der Waals surface area (Å²) in [6.45, 7) is 0. The highest BCUT2D eigenvalue weighted by Crippen LogP contribution is 2.31. The molecule has 1 aromatic rings. The molecule has 0 aliphatic carbocycles. The molecule has 0 radical (unpaired) electrons. The molecule has 0 bridgehead atoms. The predicted molar refractivity (Wildman–Crippen MR) is 83.3 cm³/mol. The van der Waals surface area contributed by atoms with Gasteiger partial charge in [-0.15, -0.1) is 0 Å². The third kappa shape index (κ3) is 3.14. The summed E-state index contributed by atoms with van der Waals surface area (Å²) in [4.78, 5) is 10.2. The van der Waals surface area contributed by atoms with Crippen molar-refractivity contribution in [1.82, 2.24) is 4.31 Å². The van der Waals surface area contributed by atoms with Crippen LogP contribution in [0.1, 0.15) is 6.42 Å². The van der Waals surface area contributed by atoms with Crippen LogP contribution in [-0.4, -0.2) is 49.3 Å². The minimum atomic E-state index is -3.77. The Morgan fingerprint density at radius 2 is 2.19 bits per heavy atom. The van der Waals surface area contributed by atoms with E-state index in [0.717, 1.165) is 24.0 Å². The Morgan fingerprint density at radius 1 is 1.48 bits per heavy atom. The normalized spacial score (nSPS) is 18.9. The van der Waals surface area contributed by atoms with Crippen LogP contribution in [0.15, 0.2) is 23.1 Å². The third-order valence-electron chi connectivity index (χ3n) is 3.52. The Balaban J connectivity index is 2.46. The zero-order chi connectivity index (χ0) is 15.6. The molecule has 9 heteroatoms. The average Bonchev–Trinajstić information content (AvgIpc) is 2.99. The Morgan fingerprint density at radius 3 is 2.71 bits per heavy atom. The summed E-state index contributed by atoms with van der Waals surface area (Å²) in [5.41, 5.74) is 0.125. The first-order valence-corrected chi connectivity index (χ1v) is 8.99.